The molecule has 0 fully saturated rings. The highest BCUT2D eigenvalue weighted by molar-refractivity contribution is 7.01. The van der Waals surface area contributed by atoms with Crippen molar-refractivity contribution in [1.29, 1.82) is 0 Å². The lowest BCUT2D eigenvalue weighted by atomic mass is 10.4. The van der Waals surface area contributed by atoms with Crippen molar-refractivity contribution in [2.45, 2.75) is 65.5 Å². The van der Waals surface area contributed by atoms with Gasteiger partial charge < -0.3 is 12.7 Å². The quantitative estimate of drug-likeness (QED) is 0.493. The SMILES string of the molecule is CC[Si](CC)(OC(C)C)O[Si](O[Si](C)(C)C)(c1ccccc1)c1ccccc1. The molecular weight excluding hydrogens is 396 g/mol. The molecule has 2 aromatic carbocycles. The molecule has 0 aliphatic carbocycles. The lowest BCUT2D eigenvalue weighted by Gasteiger charge is -2.44. The molecule has 0 aliphatic heterocycles. The molecule has 0 heterocycles. The molecule has 6 heteroatoms. The summed E-state index contributed by atoms with van der Waals surface area (Å²) in [6.45, 7) is 15.3. The summed E-state index contributed by atoms with van der Waals surface area (Å²) in [5.41, 5.74) is 0. The summed E-state index contributed by atoms with van der Waals surface area (Å²) in [5.74, 6) is 0. The van der Waals surface area contributed by atoms with Gasteiger partial charge in [0, 0.05) is 6.10 Å². The highest BCUT2D eigenvalue weighted by atomic mass is 28.5. The highest BCUT2D eigenvalue weighted by Gasteiger charge is 2.52. The number of benzene rings is 2. The Kier molecular flexibility index (Phi) is 8.01. The van der Waals surface area contributed by atoms with Crippen molar-refractivity contribution in [3.8, 4) is 0 Å². The third-order valence-corrected chi connectivity index (χ3v) is 16.1. The van der Waals surface area contributed by atoms with E-state index in [1.165, 1.54) is 0 Å². The Balaban J connectivity index is 2.72. The second-order valence-corrected chi connectivity index (χ2v) is 20.2. The van der Waals surface area contributed by atoms with Gasteiger partial charge in [-0.25, -0.2) is 0 Å². The summed E-state index contributed by atoms with van der Waals surface area (Å²) in [4.78, 5) is 0. The zero-order valence-electron chi connectivity index (χ0n) is 18.5. The van der Waals surface area contributed by atoms with Crippen molar-refractivity contribution < 1.29 is 12.7 Å². The normalized spacial score (nSPS) is 13.1. The van der Waals surface area contributed by atoms with Gasteiger partial charge in [-0.2, -0.15) is 0 Å². The molecule has 0 saturated carbocycles. The lowest BCUT2D eigenvalue weighted by molar-refractivity contribution is 0.172. The summed E-state index contributed by atoms with van der Waals surface area (Å²) in [7, 11) is -7.30. The smallest absolute Gasteiger partial charge is 0.388 e. The molecule has 0 aliphatic rings. The van der Waals surface area contributed by atoms with Gasteiger partial charge in [0.05, 0.1) is 0 Å². The molecule has 154 valence electrons. The van der Waals surface area contributed by atoms with Crippen LogP contribution in [0.1, 0.15) is 27.7 Å². The van der Waals surface area contributed by atoms with Crippen LogP contribution >= 0.6 is 0 Å². The molecule has 0 aromatic heterocycles. The zero-order valence-corrected chi connectivity index (χ0v) is 21.5. The first kappa shape index (κ1) is 23.3. The van der Waals surface area contributed by atoms with Crippen LogP contribution in [0.2, 0.25) is 31.7 Å². The van der Waals surface area contributed by atoms with Crippen LogP contribution < -0.4 is 10.4 Å². The first-order valence-corrected chi connectivity index (χ1v) is 17.8. The second-order valence-electron chi connectivity index (χ2n) is 8.45. The van der Waals surface area contributed by atoms with Crippen molar-refractivity contribution in [1.82, 2.24) is 0 Å². The van der Waals surface area contributed by atoms with E-state index >= 15 is 0 Å². The maximum atomic E-state index is 7.25. The predicted octanol–water partition coefficient (Wildman–Crippen LogP) is 5.02. The molecule has 0 amide bonds. The zero-order chi connectivity index (χ0) is 20.8. The van der Waals surface area contributed by atoms with Gasteiger partial charge in [0.25, 0.3) is 0 Å². The van der Waals surface area contributed by atoms with Crippen molar-refractivity contribution in [2.75, 3.05) is 0 Å². The monoisotopic (exact) mass is 432 g/mol. The standard InChI is InChI=1S/C22H36O3Si3/c1-8-27(9-2,23-20(3)4)25-28(24-26(5,6)7,21-16-12-10-13-17-21)22-18-14-11-15-19-22/h10-20H,8-9H2,1-7H3. The average Bonchev–Trinajstić information content (AvgIpc) is 2.66. The Morgan fingerprint density at radius 2 is 1.14 bits per heavy atom. The maximum Gasteiger partial charge on any atom is 0.388 e. The largest absolute Gasteiger partial charge is 0.430 e. The fourth-order valence-corrected chi connectivity index (χ4v) is 16.1. The molecule has 0 bridgehead atoms. The van der Waals surface area contributed by atoms with Crippen LogP contribution in [0.3, 0.4) is 0 Å². The first-order valence-electron chi connectivity index (χ1n) is 10.4. The van der Waals surface area contributed by atoms with Gasteiger partial charge in [-0.1, -0.05) is 74.5 Å². The van der Waals surface area contributed by atoms with Crippen LogP contribution in [0.15, 0.2) is 60.7 Å². The number of hydrogen-bond acceptors (Lipinski definition) is 3. The van der Waals surface area contributed by atoms with E-state index in [1.807, 2.05) is 0 Å². The molecular formula is C22H36O3Si3. The predicted molar refractivity (Wildman–Crippen MR) is 126 cm³/mol. The lowest BCUT2D eigenvalue weighted by Crippen LogP contribution is -2.71. The van der Waals surface area contributed by atoms with E-state index in [9.17, 15) is 0 Å². The van der Waals surface area contributed by atoms with Gasteiger partial charge in [-0.3, -0.25) is 0 Å². The molecule has 0 N–H and O–H groups in total. The van der Waals surface area contributed by atoms with Crippen molar-refractivity contribution in [3.05, 3.63) is 60.7 Å². The van der Waals surface area contributed by atoms with Crippen molar-refractivity contribution in [3.63, 3.8) is 0 Å². The fraction of sp³-hybridized carbons (Fsp3) is 0.455. The van der Waals surface area contributed by atoms with Crippen LogP contribution in [-0.2, 0) is 12.7 Å². The van der Waals surface area contributed by atoms with E-state index in [0.717, 1.165) is 22.5 Å². The molecule has 0 unspecified atom stereocenters. The van der Waals surface area contributed by atoms with E-state index in [4.69, 9.17) is 12.7 Å². The molecule has 0 spiro atoms. The molecule has 2 rings (SSSR count). The third kappa shape index (κ3) is 5.75. The Morgan fingerprint density at radius 1 is 0.714 bits per heavy atom. The minimum atomic E-state index is -2.93. The summed E-state index contributed by atoms with van der Waals surface area (Å²) in [6, 6.07) is 22.9. The van der Waals surface area contributed by atoms with Crippen LogP contribution in [-0.4, -0.2) is 31.5 Å². The van der Waals surface area contributed by atoms with Gasteiger partial charge in [-0.15, -0.1) is 0 Å². The molecule has 2 aromatic rings. The Hall–Kier alpha value is -1.03. The molecule has 0 saturated heterocycles. The summed E-state index contributed by atoms with van der Waals surface area (Å²) < 4.78 is 20.8. The Morgan fingerprint density at radius 3 is 1.46 bits per heavy atom. The first-order chi connectivity index (χ1) is 13.2. The van der Waals surface area contributed by atoms with Gasteiger partial charge in [0.15, 0.2) is 8.32 Å². The van der Waals surface area contributed by atoms with E-state index < -0.39 is 25.4 Å². The van der Waals surface area contributed by atoms with Gasteiger partial charge in [0.1, 0.15) is 0 Å². The van der Waals surface area contributed by atoms with Crippen LogP contribution in [0.5, 0.6) is 0 Å². The van der Waals surface area contributed by atoms with E-state index in [0.29, 0.717) is 0 Å². The fourth-order valence-electron chi connectivity index (χ4n) is 3.45. The maximum absolute atomic E-state index is 7.25. The van der Waals surface area contributed by atoms with Crippen LogP contribution in [0.4, 0.5) is 0 Å². The van der Waals surface area contributed by atoms with E-state index in [1.54, 1.807) is 0 Å². The van der Waals surface area contributed by atoms with Crippen molar-refractivity contribution in [2.24, 2.45) is 0 Å². The van der Waals surface area contributed by atoms with Gasteiger partial charge in [-0.05, 0) is 56.0 Å². The molecule has 0 radical (unpaired) electrons. The minimum absolute atomic E-state index is 0.136. The average molecular weight is 433 g/mol. The number of hydrogen-bond donors (Lipinski definition) is 0. The third-order valence-electron chi connectivity index (χ3n) is 4.62. The van der Waals surface area contributed by atoms with Crippen LogP contribution in [0, 0.1) is 0 Å². The number of rotatable bonds is 10. The Labute approximate surface area is 174 Å². The summed E-state index contributed by atoms with van der Waals surface area (Å²) in [6.07, 6.45) is 0.136. The van der Waals surface area contributed by atoms with Gasteiger partial charge >= 0.3 is 17.1 Å². The van der Waals surface area contributed by atoms with Gasteiger partial charge in [0.2, 0.25) is 0 Å². The van der Waals surface area contributed by atoms with E-state index in [2.05, 4.69) is 108 Å². The summed E-state index contributed by atoms with van der Waals surface area (Å²) in [5, 5.41) is 2.32. The van der Waals surface area contributed by atoms with Crippen molar-refractivity contribution >= 4 is 35.8 Å². The Bertz CT molecular complexity index is 671. The molecule has 28 heavy (non-hydrogen) atoms. The second kappa shape index (κ2) is 9.65. The topological polar surface area (TPSA) is 27.7 Å². The van der Waals surface area contributed by atoms with Crippen LogP contribution in [0.25, 0.3) is 0 Å². The highest BCUT2D eigenvalue weighted by Crippen LogP contribution is 2.28. The molecule has 3 nitrogen and oxygen atoms in total. The minimum Gasteiger partial charge on any atom is -0.430 e. The molecule has 0 atom stereocenters. The van der Waals surface area contributed by atoms with E-state index in [-0.39, 0.29) is 6.10 Å². The summed E-state index contributed by atoms with van der Waals surface area (Å²) >= 11 is 0.